The highest BCUT2D eigenvalue weighted by atomic mass is 35.5. The molecule has 156 valence electrons. The van der Waals surface area contributed by atoms with Crippen molar-refractivity contribution in [1.82, 2.24) is 20.3 Å². The van der Waals surface area contributed by atoms with Crippen LogP contribution in [0.4, 0.5) is 5.95 Å². The Balaban J connectivity index is 1.45. The van der Waals surface area contributed by atoms with E-state index in [0.29, 0.717) is 23.2 Å². The number of aromatic amines is 1. The Morgan fingerprint density at radius 2 is 1.90 bits per heavy atom. The molecule has 1 atom stereocenters. The molecule has 0 radical (unpaired) electrons. The molecule has 7 heteroatoms. The first-order valence-electron chi connectivity index (χ1n) is 10.4. The fraction of sp³-hybridized carbons (Fsp3) is 0.208. The molecular weight excluding hydrogens is 410 g/mol. The monoisotopic (exact) mass is 431 g/mol. The summed E-state index contributed by atoms with van der Waals surface area (Å²) in [5.41, 5.74) is 3.28. The van der Waals surface area contributed by atoms with Crippen LogP contribution < -0.4 is 10.2 Å². The van der Waals surface area contributed by atoms with Gasteiger partial charge in [-0.3, -0.25) is 4.79 Å². The average Bonchev–Trinajstić information content (AvgIpc) is 3.19. The quantitative estimate of drug-likeness (QED) is 0.492. The van der Waals surface area contributed by atoms with Crippen LogP contribution in [0.5, 0.6) is 0 Å². The molecule has 1 unspecified atom stereocenters. The van der Waals surface area contributed by atoms with Gasteiger partial charge in [0.05, 0.1) is 0 Å². The number of aromatic nitrogens is 3. The number of halogens is 1. The van der Waals surface area contributed by atoms with Gasteiger partial charge in [-0.25, -0.2) is 9.97 Å². The highest BCUT2D eigenvalue weighted by Gasteiger charge is 2.26. The lowest BCUT2D eigenvalue weighted by atomic mass is 10.0. The fourth-order valence-electron chi connectivity index (χ4n) is 4.23. The van der Waals surface area contributed by atoms with Crippen LogP contribution in [0.2, 0.25) is 5.02 Å². The molecule has 3 heterocycles. The average molecular weight is 432 g/mol. The predicted molar refractivity (Wildman–Crippen MR) is 123 cm³/mol. The second-order valence-corrected chi connectivity index (χ2v) is 8.17. The maximum absolute atomic E-state index is 13.4. The largest absolute Gasteiger partial charge is 0.350 e. The second-order valence-electron chi connectivity index (χ2n) is 7.74. The zero-order valence-electron chi connectivity index (χ0n) is 16.9. The third kappa shape index (κ3) is 3.99. The van der Waals surface area contributed by atoms with Crippen molar-refractivity contribution >= 4 is 34.4 Å². The molecule has 0 aliphatic carbocycles. The molecule has 2 aromatic heterocycles. The van der Waals surface area contributed by atoms with Gasteiger partial charge < -0.3 is 15.2 Å². The maximum Gasteiger partial charge on any atom is 0.268 e. The minimum Gasteiger partial charge on any atom is -0.350 e. The summed E-state index contributed by atoms with van der Waals surface area (Å²) in [7, 11) is 0. The molecule has 31 heavy (non-hydrogen) atoms. The predicted octanol–water partition coefficient (Wildman–Crippen LogP) is 4.68. The topological polar surface area (TPSA) is 73.9 Å². The Bertz CT molecular complexity index is 1210. The standard InChI is InChI=1S/C24H22ClN5O/c25-17-9-10-20-19(14-17)21(16-6-2-1-3-7-16)22(29-20)23(31)28-18-8-4-13-30(15-18)24-26-11-5-12-27-24/h1-3,5-7,9-12,14,18,29H,4,8,13,15H2,(H,28,31). The van der Waals surface area contributed by atoms with Crippen LogP contribution in [0.3, 0.4) is 0 Å². The lowest BCUT2D eigenvalue weighted by molar-refractivity contribution is 0.0929. The number of benzene rings is 2. The molecule has 5 rings (SSSR count). The fourth-order valence-corrected chi connectivity index (χ4v) is 4.40. The number of piperidine rings is 1. The van der Waals surface area contributed by atoms with E-state index in [2.05, 4.69) is 25.2 Å². The van der Waals surface area contributed by atoms with Gasteiger partial charge in [0.15, 0.2) is 0 Å². The Labute approximate surface area is 185 Å². The van der Waals surface area contributed by atoms with E-state index in [9.17, 15) is 4.79 Å². The molecule has 1 fully saturated rings. The molecule has 6 nitrogen and oxygen atoms in total. The number of hydrogen-bond acceptors (Lipinski definition) is 4. The van der Waals surface area contributed by atoms with Gasteiger partial charge in [-0.05, 0) is 42.7 Å². The Morgan fingerprint density at radius 1 is 1.10 bits per heavy atom. The van der Waals surface area contributed by atoms with Gasteiger partial charge in [0.1, 0.15) is 5.69 Å². The van der Waals surface area contributed by atoms with E-state index < -0.39 is 0 Å². The third-order valence-corrected chi connectivity index (χ3v) is 5.88. The van der Waals surface area contributed by atoms with Crippen LogP contribution >= 0.6 is 11.6 Å². The van der Waals surface area contributed by atoms with Crippen LogP contribution in [0.15, 0.2) is 67.0 Å². The van der Waals surface area contributed by atoms with Crippen LogP contribution in [0.1, 0.15) is 23.3 Å². The SMILES string of the molecule is O=C(NC1CCCN(c2ncccn2)C1)c1[nH]c2ccc(Cl)cc2c1-c1ccccc1. The van der Waals surface area contributed by atoms with Crippen LogP contribution in [0, 0.1) is 0 Å². The molecule has 1 saturated heterocycles. The summed E-state index contributed by atoms with van der Waals surface area (Å²) in [6.07, 6.45) is 5.37. The number of nitrogens with zero attached hydrogens (tertiary/aromatic N) is 3. The summed E-state index contributed by atoms with van der Waals surface area (Å²) in [6, 6.07) is 17.4. The summed E-state index contributed by atoms with van der Waals surface area (Å²) in [5.74, 6) is 0.582. The van der Waals surface area contributed by atoms with Crippen molar-refractivity contribution in [3.05, 3.63) is 77.7 Å². The van der Waals surface area contributed by atoms with Gasteiger partial charge in [-0.2, -0.15) is 0 Å². The van der Waals surface area contributed by atoms with E-state index in [-0.39, 0.29) is 11.9 Å². The molecule has 2 aromatic carbocycles. The first-order valence-corrected chi connectivity index (χ1v) is 10.8. The number of anilines is 1. The Kier molecular flexibility index (Phi) is 5.30. The van der Waals surface area contributed by atoms with Crippen molar-refractivity contribution in [3.8, 4) is 11.1 Å². The van der Waals surface area contributed by atoms with E-state index >= 15 is 0 Å². The highest BCUT2D eigenvalue weighted by molar-refractivity contribution is 6.31. The van der Waals surface area contributed by atoms with Crippen LogP contribution in [0.25, 0.3) is 22.0 Å². The molecule has 2 N–H and O–H groups in total. The number of hydrogen-bond donors (Lipinski definition) is 2. The van der Waals surface area contributed by atoms with Crippen LogP contribution in [-0.2, 0) is 0 Å². The Hall–Kier alpha value is -3.38. The number of rotatable bonds is 4. The van der Waals surface area contributed by atoms with Gasteiger partial charge in [0.2, 0.25) is 5.95 Å². The minimum atomic E-state index is -0.119. The minimum absolute atomic E-state index is 0.0173. The summed E-state index contributed by atoms with van der Waals surface area (Å²) in [4.78, 5) is 27.5. The zero-order valence-corrected chi connectivity index (χ0v) is 17.6. The van der Waals surface area contributed by atoms with Crippen molar-refractivity contribution in [1.29, 1.82) is 0 Å². The van der Waals surface area contributed by atoms with Crippen LogP contribution in [-0.4, -0.2) is 40.0 Å². The molecule has 4 aromatic rings. The molecule has 1 aliphatic heterocycles. The second kappa shape index (κ2) is 8.40. The van der Waals surface area contributed by atoms with E-state index in [4.69, 9.17) is 11.6 Å². The molecular formula is C24H22ClN5O. The van der Waals surface area contributed by atoms with E-state index in [1.54, 1.807) is 18.5 Å². The van der Waals surface area contributed by atoms with Crippen molar-refractivity contribution in [2.75, 3.05) is 18.0 Å². The molecule has 1 amide bonds. The maximum atomic E-state index is 13.4. The van der Waals surface area contributed by atoms with Gasteiger partial charge >= 0.3 is 0 Å². The zero-order chi connectivity index (χ0) is 21.2. The number of carbonyl (C=O) groups excluding carboxylic acids is 1. The summed E-state index contributed by atoms with van der Waals surface area (Å²) >= 11 is 6.27. The van der Waals surface area contributed by atoms with Gasteiger partial charge in [0.25, 0.3) is 5.91 Å². The number of fused-ring (bicyclic) bond motifs is 1. The normalized spacial score (nSPS) is 16.4. The van der Waals surface area contributed by atoms with Crippen molar-refractivity contribution in [2.45, 2.75) is 18.9 Å². The number of amides is 1. The number of nitrogens with one attached hydrogen (secondary N) is 2. The lowest BCUT2D eigenvalue weighted by Crippen LogP contribution is -2.48. The molecule has 0 spiro atoms. The summed E-state index contributed by atoms with van der Waals surface area (Å²) in [6.45, 7) is 1.57. The Morgan fingerprint density at radius 3 is 2.71 bits per heavy atom. The molecule has 1 aliphatic rings. The van der Waals surface area contributed by atoms with Crippen molar-refractivity contribution in [3.63, 3.8) is 0 Å². The first kappa shape index (κ1) is 19.6. The van der Waals surface area contributed by atoms with Crippen molar-refractivity contribution < 1.29 is 4.79 Å². The third-order valence-electron chi connectivity index (χ3n) is 5.64. The van der Waals surface area contributed by atoms with E-state index in [1.165, 1.54) is 0 Å². The molecule has 0 saturated carbocycles. The first-order chi connectivity index (χ1) is 15.2. The van der Waals surface area contributed by atoms with Gasteiger partial charge in [0, 0.05) is 53.0 Å². The van der Waals surface area contributed by atoms with E-state index in [1.807, 2.05) is 48.5 Å². The smallest absolute Gasteiger partial charge is 0.268 e. The molecule has 0 bridgehead atoms. The summed E-state index contributed by atoms with van der Waals surface area (Å²) in [5, 5.41) is 4.80. The van der Waals surface area contributed by atoms with Gasteiger partial charge in [-0.1, -0.05) is 41.9 Å². The van der Waals surface area contributed by atoms with Gasteiger partial charge in [-0.15, -0.1) is 0 Å². The number of H-pyrrole nitrogens is 1. The summed E-state index contributed by atoms with van der Waals surface area (Å²) < 4.78 is 0. The number of carbonyl (C=O) groups is 1. The van der Waals surface area contributed by atoms with Crippen molar-refractivity contribution in [2.24, 2.45) is 0 Å². The van der Waals surface area contributed by atoms with E-state index in [0.717, 1.165) is 41.4 Å². The lowest BCUT2D eigenvalue weighted by Gasteiger charge is -2.33. The highest BCUT2D eigenvalue weighted by Crippen LogP contribution is 2.34.